The van der Waals surface area contributed by atoms with Crippen molar-refractivity contribution in [3.63, 3.8) is 0 Å². The van der Waals surface area contributed by atoms with E-state index in [-0.39, 0.29) is 0 Å². The summed E-state index contributed by atoms with van der Waals surface area (Å²) in [4.78, 5) is 12.6. The third-order valence-electron chi connectivity index (χ3n) is 3.27. The number of carboxylic acid groups (broad SMARTS) is 1. The molecule has 0 aromatic heterocycles. The highest BCUT2D eigenvalue weighted by Crippen LogP contribution is 2.11. The van der Waals surface area contributed by atoms with Crippen LogP contribution in [-0.2, 0) is 21.4 Å². The summed E-state index contributed by atoms with van der Waals surface area (Å²) >= 11 is 0. The monoisotopic (exact) mass is 297 g/mol. The van der Waals surface area contributed by atoms with Crippen LogP contribution in [0.15, 0.2) is 30.3 Å². The average Bonchev–Trinajstić information content (AvgIpc) is 2.39. The Balaban J connectivity index is 1.88. The zero-order valence-electron chi connectivity index (χ0n) is 11.1. The number of hydrogen-bond acceptors (Lipinski definition) is 5. The smallest absolute Gasteiger partial charge is 0.219 e. The summed E-state index contributed by atoms with van der Waals surface area (Å²) in [5, 5.41) is 10.4. The predicted octanol–water partition coefficient (Wildman–Crippen LogP) is -1.12. The lowest BCUT2D eigenvalue weighted by molar-refractivity contribution is -0.301. The Morgan fingerprint density at radius 1 is 1.10 bits per heavy atom. The molecular weight excluding hydrogens is 280 g/mol. The molecule has 6 nitrogen and oxygen atoms in total. The summed E-state index contributed by atoms with van der Waals surface area (Å²) in [6, 6.07) is 9.94. The number of carbonyl (C=O) groups is 1. The van der Waals surface area contributed by atoms with Crippen molar-refractivity contribution in [2.45, 2.75) is 6.54 Å². The van der Waals surface area contributed by atoms with Crippen LogP contribution in [0.5, 0.6) is 0 Å². The molecule has 0 atom stereocenters. The third kappa shape index (κ3) is 4.03. The lowest BCUT2D eigenvalue weighted by atomic mass is 10.2. The van der Waals surface area contributed by atoms with Crippen molar-refractivity contribution in [1.29, 1.82) is 0 Å². The molecular formula is C13H17N2O4S-. The molecule has 1 aliphatic heterocycles. The van der Waals surface area contributed by atoms with Crippen molar-refractivity contribution >= 4 is 16.0 Å². The summed E-state index contributed by atoms with van der Waals surface area (Å²) in [5.41, 5.74) is 1.18. The zero-order chi connectivity index (χ0) is 14.6. The molecule has 0 N–H and O–H groups in total. The van der Waals surface area contributed by atoms with E-state index in [2.05, 4.69) is 4.90 Å². The Labute approximate surface area is 118 Å². The second-order valence-corrected chi connectivity index (χ2v) is 6.76. The topological polar surface area (TPSA) is 80.7 Å². The Hall–Kier alpha value is -1.44. The van der Waals surface area contributed by atoms with Gasteiger partial charge in [-0.3, -0.25) is 4.90 Å². The van der Waals surface area contributed by atoms with Gasteiger partial charge in [0, 0.05) is 32.7 Å². The summed E-state index contributed by atoms with van der Waals surface area (Å²) in [6.07, 6.45) is 0. The summed E-state index contributed by atoms with van der Waals surface area (Å²) < 4.78 is 24.7. The van der Waals surface area contributed by atoms with Crippen LogP contribution >= 0.6 is 0 Å². The molecule has 0 radical (unpaired) electrons. The molecule has 1 aromatic rings. The van der Waals surface area contributed by atoms with E-state index in [0.717, 1.165) is 6.54 Å². The lowest BCUT2D eigenvalue weighted by Gasteiger charge is -2.34. The molecule has 0 unspecified atom stereocenters. The van der Waals surface area contributed by atoms with Gasteiger partial charge in [-0.15, -0.1) is 0 Å². The molecule has 1 saturated heterocycles. The molecule has 1 heterocycles. The maximum Gasteiger partial charge on any atom is 0.219 e. The minimum absolute atomic E-state index is 0.322. The van der Waals surface area contributed by atoms with Crippen molar-refractivity contribution in [2.75, 3.05) is 31.9 Å². The van der Waals surface area contributed by atoms with Crippen molar-refractivity contribution in [3.8, 4) is 0 Å². The van der Waals surface area contributed by atoms with Crippen LogP contribution in [0.25, 0.3) is 0 Å². The highest BCUT2D eigenvalue weighted by Gasteiger charge is 2.26. The number of carbonyl (C=O) groups excluding carboxylic acids is 1. The Morgan fingerprint density at radius 3 is 2.25 bits per heavy atom. The first-order valence-corrected chi connectivity index (χ1v) is 8.02. The van der Waals surface area contributed by atoms with Crippen LogP contribution < -0.4 is 5.11 Å². The van der Waals surface area contributed by atoms with Crippen LogP contribution in [0.4, 0.5) is 0 Å². The van der Waals surface area contributed by atoms with Gasteiger partial charge in [0.1, 0.15) is 5.75 Å². The molecule has 7 heteroatoms. The highest BCUT2D eigenvalue weighted by molar-refractivity contribution is 7.89. The third-order valence-corrected chi connectivity index (χ3v) is 5.03. The van der Waals surface area contributed by atoms with Crippen LogP contribution in [-0.4, -0.2) is 55.5 Å². The molecule has 2 rings (SSSR count). The fourth-order valence-corrected chi connectivity index (χ4v) is 3.45. The SMILES string of the molecule is O=C([O-])CS(=O)(=O)N1CCN(Cc2ccccc2)CC1. The highest BCUT2D eigenvalue weighted by atomic mass is 32.2. The number of aliphatic carboxylic acids is 1. The summed E-state index contributed by atoms with van der Waals surface area (Å²) in [5.74, 6) is -2.50. The maximum atomic E-state index is 11.7. The van der Waals surface area contributed by atoms with E-state index in [1.807, 2.05) is 30.3 Å². The van der Waals surface area contributed by atoms with Gasteiger partial charge in [0.05, 0.1) is 5.97 Å². The Kier molecular flexibility index (Phi) is 4.74. The van der Waals surface area contributed by atoms with Gasteiger partial charge in [0.25, 0.3) is 0 Å². The van der Waals surface area contributed by atoms with Gasteiger partial charge >= 0.3 is 0 Å². The standard InChI is InChI=1S/C13H18N2O4S/c16-13(17)11-20(18,19)15-8-6-14(7-9-15)10-12-4-2-1-3-5-12/h1-5H,6-11H2,(H,16,17)/p-1. The molecule has 0 spiro atoms. The fraction of sp³-hybridized carbons (Fsp3) is 0.462. The van der Waals surface area contributed by atoms with Gasteiger partial charge in [-0.2, -0.15) is 4.31 Å². The number of hydrogen-bond donors (Lipinski definition) is 0. The largest absolute Gasteiger partial charge is 0.549 e. The molecule has 0 amide bonds. The number of piperazine rings is 1. The predicted molar refractivity (Wildman–Crippen MR) is 72.1 cm³/mol. The van der Waals surface area contributed by atoms with Gasteiger partial charge in [0.15, 0.2) is 0 Å². The van der Waals surface area contributed by atoms with Crippen LogP contribution in [0.2, 0.25) is 0 Å². The number of sulfonamides is 1. The van der Waals surface area contributed by atoms with Gasteiger partial charge in [0.2, 0.25) is 10.0 Å². The number of carboxylic acids is 1. The van der Waals surface area contributed by atoms with E-state index in [0.29, 0.717) is 26.2 Å². The molecule has 1 aromatic carbocycles. The van der Waals surface area contributed by atoms with E-state index in [1.165, 1.54) is 9.87 Å². The second kappa shape index (κ2) is 6.34. The van der Waals surface area contributed by atoms with Crippen molar-refractivity contribution in [1.82, 2.24) is 9.21 Å². The summed E-state index contributed by atoms with van der Waals surface area (Å²) in [6.45, 7) is 2.61. The van der Waals surface area contributed by atoms with E-state index in [1.54, 1.807) is 0 Å². The molecule has 1 fully saturated rings. The Morgan fingerprint density at radius 2 is 1.70 bits per heavy atom. The van der Waals surface area contributed by atoms with E-state index >= 15 is 0 Å². The number of rotatable bonds is 5. The molecule has 0 aliphatic carbocycles. The minimum atomic E-state index is -3.73. The average molecular weight is 297 g/mol. The fourth-order valence-electron chi connectivity index (χ4n) is 2.25. The minimum Gasteiger partial charge on any atom is -0.549 e. The van der Waals surface area contributed by atoms with E-state index < -0.39 is 21.7 Å². The van der Waals surface area contributed by atoms with Crippen molar-refractivity contribution in [3.05, 3.63) is 35.9 Å². The van der Waals surface area contributed by atoms with Crippen molar-refractivity contribution < 1.29 is 18.3 Å². The van der Waals surface area contributed by atoms with E-state index in [9.17, 15) is 18.3 Å². The zero-order valence-corrected chi connectivity index (χ0v) is 11.9. The Bertz CT molecular complexity index is 551. The van der Waals surface area contributed by atoms with Gasteiger partial charge < -0.3 is 9.90 Å². The van der Waals surface area contributed by atoms with Crippen LogP contribution in [0, 0.1) is 0 Å². The maximum absolute atomic E-state index is 11.7. The molecule has 20 heavy (non-hydrogen) atoms. The molecule has 1 aliphatic rings. The van der Waals surface area contributed by atoms with Gasteiger partial charge in [-0.05, 0) is 5.56 Å². The number of nitrogens with zero attached hydrogens (tertiary/aromatic N) is 2. The first-order valence-electron chi connectivity index (χ1n) is 6.41. The molecule has 0 bridgehead atoms. The number of benzene rings is 1. The van der Waals surface area contributed by atoms with Crippen LogP contribution in [0.1, 0.15) is 5.56 Å². The molecule has 0 saturated carbocycles. The second-order valence-electron chi connectivity index (χ2n) is 4.79. The van der Waals surface area contributed by atoms with E-state index in [4.69, 9.17) is 0 Å². The van der Waals surface area contributed by atoms with Crippen molar-refractivity contribution in [2.24, 2.45) is 0 Å². The van der Waals surface area contributed by atoms with Crippen LogP contribution in [0.3, 0.4) is 0 Å². The molecule has 110 valence electrons. The lowest BCUT2D eigenvalue weighted by Crippen LogP contribution is -2.50. The quantitative estimate of drug-likeness (QED) is 0.688. The first-order chi connectivity index (χ1) is 9.47. The first kappa shape index (κ1) is 15.0. The van der Waals surface area contributed by atoms with Gasteiger partial charge in [-0.25, -0.2) is 8.42 Å². The normalized spacial score (nSPS) is 18.0. The summed E-state index contributed by atoms with van der Waals surface area (Å²) in [7, 11) is -3.73. The van der Waals surface area contributed by atoms with Gasteiger partial charge in [-0.1, -0.05) is 30.3 Å².